The van der Waals surface area contributed by atoms with E-state index in [2.05, 4.69) is 31.7 Å². The van der Waals surface area contributed by atoms with E-state index in [0.717, 1.165) is 29.8 Å². The molecule has 0 bridgehead atoms. The smallest absolute Gasteiger partial charge is 0.285 e. The highest BCUT2D eigenvalue weighted by atomic mass is 35.5. The maximum atomic E-state index is 13.6. The number of nitrogens with zero attached hydrogens (tertiary/aromatic N) is 5. The number of fused-ring (bicyclic) bond motifs is 1. The lowest BCUT2D eigenvalue weighted by atomic mass is 10.0. The van der Waals surface area contributed by atoms with Gasteiger partial charge in [-0.1, -0.05) is 18.5 Å². The van der Waals surface area contributed by atoms with Crippen molar-refractivity contribution in [1.82, 2.24) is 24.7 Å². The molecule has 140 valence electrons. The molecule has 3 aromatic heterocycles. The van der Waals surface area contributed by atoms with Crippen LogP contribution in [0.2, 0.25) is 5.02 Å². The molecule has 0 saturated carbocycles. The minimum Gasteiger partial charge on any atom is -0.362 e. The number of hydrogen-bond acceptors (Lipinski definition) is 5. The summed E-state index contributed by atoms with van der Waals surface area (Å²) in [5.74, 6) is -0.345. The number of aromatic nitrogens is 5. The molecule has 7 nitrogen and oxygen atoms in total. The minimum atomic E-state index is -0.407. The van der Waals surface area contributed by atoms with E-state index in [4.69, 9.17) is 11.6 Å². The van der Waals surface area contributed by atoms with Crippen LogP contribution in [0.5, 0.6) is 0 Å². The molecule has 4 heterocycles. The number of pyridine rings is 1. The first-order valence-electron chi connectivity index (χ1n) is 8.71. The summed E-state index contributed by atoms with van der Waals surface area (Å²) >= 11 is 6.13. The SMILES string of the molecule is CC[C@@H](c1cncc(F)c1)n1cnc2c1CCN(c1cn[nH]c(=O)c1Cl)C2. The maximum Gasteiger partial charge on any atom is 0.285 e. The first kappa shape index (κ1) is 17.7. The fourth-order valence-corrected chi connectivity index (χ4v) is 3.81. The van der Waals surface area contributed by atoms with Crippen molar-refractivity contribution in [3.05, 3.63) is 69.1 Å². The zero-order valence-electron chi connectivity index (χ0n) is 14.7. The molecule has 3 aromatic rings. The van der Waals surface area contributed by atoms with E-state index >= 15 is 0 Å². The van der Waals surface area contributed by atoms with Crippen molar-refractivity contribution in [2.75, 3.05) is 11.4 Å². The first-order chi connectivity index (χ1) is 13.1. The fraction of sp³-hybridized carbons (Fsp3) is 0.333. The van der Waals surface area contributed by atoms with Crippen LogP contribution in [0.25, 0.3) is 0 Å². The Hall–Kier alpha value is -2.74. The number of anilines is 1. The van der Waals surface area contributed by atoms with Gasteiger partial charge >= 0.3 is 0 Å². The van der Waals surface area contributed by atoms with Crippen LogP contribution in [0.3, 0.4) is 0 Å². The fourth-order valence-electron chi connectivity index (χ4n) is 3.60. The summed E-state index contributed by atoms with van der Waals surface area (Å²) < 4.78 is 15.7. The maximum absolute atomic E-state index is 13.6. The lowest BCUT2D eigenvalue weighted by Gasteiger charge is -2.30. The number of hydrogen-bond donors (Lipinski definition) is 1. The van der Waals surface area contributed by atoms with E-state index in [1.54, 1.807) is 18.7 Å². The van der Waals surface area contributed by atoms with Gasteiger partial charge in [-0.15, -0.1) is 0 Å². The summed E-state index contributed by atoms with van der Waals surface area (Å²) in [6.45, 7) is 3.27. The van der Waals surface area contributed by atoms with Crippen molar-refractivity contribution in [3.63, 3.8) is 0 Å². The molecule has 4 rings (SSSR count). The topological polar surface area (TPSA) is 79.7 Å². The van der Waals surface area contributed by atoms with Crippen LogP contribution in [0.1, 0.15) is 36.3 Å². The highest BCUT2D eigenvalue weighted by Crippen LogP contribution is 2.30. The van der Waals surface area contributed by atoms with Crippen molar-refractivity contribution in [1.29, 1.82) is 0 Å². The van der Waals surface area contributed by atoms with Crippen LogP contribution in [0.4, 0.5) is 10.1 Å². The Morgan fingerprint density at radius 2 is 2.22 bits per heavy atom. The second kappa shape index (κ2) is 7.11. The van der Waals surface area contributed by atoms with E-state index in [9.17, 15) is 9.18 Å². The van der Waals surface area contributed by atoms with Crippen LogP contribution in [-0.4, -0.2) is 31.3 Å². The van der Waals surface area contributed by atoms with E-state index in [1.165, 1.54) is 12.3 Å². The summed E-state index contributed by atoms with van der Waals surface area (Å²) in [6, 6.07) is 1.49. The lowest BCUT2D eigenvalue weighted by Crippen LogP contribution is -2.33. The summed E-state index contributed by atoms with van der Waals surface area (Å²) in [5, 5.41) is 6.30. The highest BCUT2D eigenvalue weighted by Gasteiger charge is 2.26. The van der Waals surface area contributed by atoms with E-state index in [0.29, 0.717) is 18.8 Å². The summed E-state index contributed by atoms with van der Waals surface area (Å²) in [6.07, 6.45) is 7.78. The van der Waals surface area contributed by atoms with Gasteiger partial charge in [0.15, 0.2) is 0 Å². The van der Waals surface area contributed by atoms with Gasteiger partial charge in [-0.05, 0) is 18.1 Å². The Labute approximate surface area is 159 Å². The number of H-pyrrole nitrogens is 1. The first-order valence-corrected chi connectivity index (χ1v) is 9.09. The van der Waals surface area contributed by atoms with Crippen molar-refractivity contribution in [3.8, 4) is 0 Å². The molecule has 0 amide bonds. The molecule has 1 atom stereocenters. The number of halogens is 2. The van der Waals surface area contributed by atoms with Gasteiger partial charge in [0, 0.05) is 24.9 Å². The predicted molar refractivity (Wildman–Crippen MR) is 99.5 cm³/mol. The zero-order valence-corrected chi connectivity index (χ0v) is 15.4. The van der Waals surface area contributed by atoms with Crippen LogP contribution in [0.15, 0.2) is 35.8 Å². The Kier molecular flexibility index (Phi) is 4.65. The van der Waals surface area contributed by atoms with Crippen molar-refractivity contribution < 1.29 is 4.39 Å². The van der Waals surface area contributed by atoms with Gasteiger partial charge in [0.2, 0.25) is 0 Å². The molecule has 0 fully saturated rings. The molecule has 9 heteroatoms. The van der Waals surface area contributed by atoms with Crippen LogP contribution < -0.4 is 10.5 Å². The van der Waals surface area contributed by atoms with Crippen molar-refractivity contribution in [2.45, 2.75) is 32.4 Å². The molecule has 0 aromatic carbocycles. The van der Waals surface area contributed by atoms with Crippen LogP contribution in [0, 0.1) is 5.82 Å². The zero-order chi connectivity index (χ0) is 19.0. The second-order valence-corrected chi connectivity index (χ2v) is 6.85. The monoisotopic (exact) mass is 388 g/mol. The number of rotatable bonds is 4. The second-order valence-electron chi connectivity index (χ2n) is 6.48. The number of nitrogens with one attached hydrogen (secondary N) is 1. The molecule has 1 aliphatic rings. The molecule has 0 radical (unpaired) electrons. The third kappa shape index (κ3) is 3.21. The molecule has 0 unspecified atom stereocenters. The van der Waals surface area contributed by atoms with Gasteiger partial charge in [-0.3, -0.25) is 9.78 Å². The predicted octanol–water partition coefficient (Wildman–Crippen LogP) is 2.72. The molecule has 0 saturated heterocycles. The normalized spacial score (nSPS) is 14.9. The third-order valence-corrected chi connectivity index (χ3v) is 5.26. The van der Waals surface area contributed by atoms with Crippen LogP contribution in [-0.2, 0) is 13.0 Å². The molecule has 1 N–H and O–H groups in total. The Balaban J connectivity index is 1.65. The molecular formula is C18H18ClFN6O. The summed E-state index contributed by atoms with van der Waals surface area (Å²) in [5.41, 5.74) is 3.04. The quantitative estimate of drug-likeness (QED) is 0.743. The number of aromatic amines is 1. The Morgan fingerprint density at radius 3 is 3.00 bits per heavy atom. The van der Waals surface area contributed by atoms with E-state index < -0.39 is 5.56 Å². The molecular weight excluding hydrogens is 371 g/mol. The largest absolute Gasteiger partial charge is 0.362 e. The van der Waals surface area contributed by atoms with Gasteiger partial charge in [0.25, 0.3) is 5.56 Å². The molecule has 1 aliphatic heterocycles. The summed E-state index contributed by atoms with van der Waals surface area (Å²) in [4.78, 5) is 22.2. The van der Waals surface area contributed by atoms with E-state index in [1.807, 2.05) is 4.90 Å². The Bertz CT molecular complexity index is 1030. The highest BCUT2D eigenvalue weighted by molar-refractivity contribution is 6.32. The lowest BCUT2D eigenvalue weighted by molar-refractivity contribution is 0.526. The summed E-state index contributed by atoms with van der Waals surface area (Å²) in [7, 11) is 0. The number of imidazole rings is 1. The minimum absolute atomic E-state index is 0.0270. The average molecular weight is 389 g/mol. The standard InChI is InChI=1S/C18H18ClFN6O/c1-2-14(11-5-12(20)7-21-6-11)26-10-22-13-9-25(4-3-15(13)26)16-8-23-24-18(27)17(16)19/h5-8,10,14H,2-4,9H2,1H3,(H,24,27)/t14-/m0/s1. The van der Waals surface area contributed by atoms with Crippen molar-refractivity contribution >= 4 is 17.3 Å². The van der Waals surface area contributed by atoms with E-state index in [-0.39, 0.29) is 16.9 Å². The van der Waals surface area contributed by atoms with Gasteiger partial charge in [-0.2, -0.15) is 5.10 Å². The third-order valence-electron chi connectivity index (χ3n) is 4.89. The van der Waals surface area contributed by atoms with Gasteiger partial charge in [0.1, 0.15) is 10.8 Å². The van der Waals surface area contributed by atoms with Gasteiger partial charge in [-0.25, -0.2) is 14.5 Å². The van der Waals surface area contributed by atoms with Crippen LogP contribution >= 0.6 is 11.6 Å². The van der Waals surface area contributed by atoms with Gasteiger partial charge in [0.05, 0.1) is 42.7 Å². The molecule has 0 aliphatic carbocycles. The Morgan fingerprint density at radius 1 is 1.37 bits per heavy atom. The molecule has 27 heavy (non-hydrogen) atoms. The van der Waals surface area contributed by atoms with Crippen molar-refractivity contribution in [2.24, 2.45) is 0 Å². The molecule has 0 spiro atoms. The average Bonchev–Trinajstić information content (AvgIpc) is 3.08. The van der Waals surface area contributed by atoms with Gasteiger partial charge < -0.3 is 9.47 Å².